The lowest BCUT2D eigenvalue weighted by Crippen LogP contribution is -2.34. The van der Waals surface area contributed by atoms with Crippen LogP contribution in [0.25, 0.3) is 0 Å². The molecule has 98 valence electrons. The Balaban J connectivity index is 1.64. The van der Waals surface area contributed by atoms with Crippen molar-refractivity contribution in [2.45, 2.75) is 18.9 Å². The van der Waals surface area contributed by atoms with Gasteiger partial charge in [0.1, 0.15) is 12.4 Å². The van der Waals surface area contributed by atoms with Crippen molar-refractivity contribution in [3.8, 4) is 5.75 Å². The van der Waals surface area contributed by atoms with Crippen molar-refractivity contribution >= 4 is 5.82 Å². The third kappa shape index (κ3) is 2.84. The molecule has 0 spiro atoms. The maximum absolute atomic E-state index is 5.85. The summed E-state index contributed by atoms with van der Waals surface area (Å²) in [5.74, 6) is 1.87. The molecule has 4 heteroatoms. The van der Waals surface area contributed by atoms with E-state index in [4.69, 9.17) is 4.74 Å². The van der Waals surface area contributed by atoms with Gasteiger partial charge in [-0.25, -0.2) is 0 Å². The van der Waals surface area contributed by atoms with Gasteiger partial charge in [-0.05, 0) is 37.1 Å². The predicted octanol–water partition coefficient (Wildman–Crippen LogP) is 2.52. The largest absolute Gasteiger partial charge is 0.491 e. The minimum absolute atomic E-state index is 0.386. The maximum Gasteiger partial charge on any atom is 0.151 e. The maximum atomic E-state index is 5.85. The van der Waals surface area contributed by atoms with E-state index in [1.807, 2.05) is 42.5 Å². The molecule has 3 rings (SSSR count). The Hall–Kier alpha value is -2.10. The Bertz CT molecular complexity index is 503. The number of benzene rings is 1. The second-order valence-corrected chi connectivity index (χ2v) is 4.70. The van der Waals surface area contributed by atoms with E-state index in [0.717, 1.165) is 24.5 Å². The van der Waals surface area contributed by atoms with Crippen LogP contribution in [0.1, 0.15) is 12.8 Å². The summed E-state index contributed by atoms with van der Waals surface area (Å²) in [6.07, 6.45) is 4.03. The van der Waals surface area contributed by atoms with Crippen molar-refractivity contribution in [1.29, 1.82) is 0 Å². The number of aromatic nitrogens is 2. The van der Waals surface area contributed by atoms with Crippen molar-refractivity contribution in [2.24, 2.45) is 0 Å². The van der Waals surface area contributed by atoms with E-state index in [9.17, 15) is 0 Å². The van der Waals surface area contributed by atoms with Gasteiger partial charge >= 0.3 is 0 Å². The lowest BCUT2D eigenvalue weighted by Gasteiger charge is -2.25. The van der Waals surface area contributed by atoms with Gasteiger partial charge in [0.25, 0.3) is 0 Å². The number of hydrogen-bond acceptors (Lipinski definition) is 4. The standard InChI is InChI=1S/C15H17N3O/c1-2-7-14(8-3-1)19-12-13-6-5-11-18(13)15-9-4-10-16-17-15/h1-4,7-10,13H,5-6,11-12H2/t13-/m1/s1. The first kappa shape index (κ1) is 12.0. The molecule has 19 heavy (non-hydrogen) atoms. The van der Waals surface area contributed by atoms with E-state index in [2.05, 4.69) is 15.1 Å². The molecule has 1 aromatic carbocycles. The molecular formula is C15H17N3O. The highest BCUT2D eigenvalue weighted by atomic mass is 16.5. The topological polar surface area (TPSA) is 38.2 Å². The molecule has 1 aromatic heterocycles. The fraction of sp³-hybridized carbons (Fsp3) is 0.333. The van der Waals surface area contributed by atoms with Crippen LogP contribution in [0.5, 0.6) is 5.75 Å². The molecule has 0 amide bonds. The van der Waals surface area contributed by atoms with Crippen LogP contribution < -0.4 is 9.64 Å². The van der Waals surface area contributed by atoms with E-state index in [0.29, 0.717) is 12.6 Å². The second kappa shape index (κ2) is 5.69. The first-order valence-corrected chi connectivity index (χ1v) is 6.66. The highest BCUT2D eigenvalue weighted by molar-refractivity contribution is 5.39. The van der Waals surface area contributed by atoms with Crippen molar-refractivity contribution in [3.05, 3.63) is 48.7 Å². The summed E-state index contributed by atoms with van der Waals surface area (Å²) >= 11 is 0. The zero-order valence-electron chi connectivity index (χ0n) is 10.8. The Morgan fingerprint density at radius 3 is 2.84 bits per heavy atom. The van der Waals surface area contributed by atoms with Crippen molar-refractivity contribution < 1.29 is 4.74 Å². The molecule has 2 aromatic rings. The van der Waals surface area contributed by atoms with Crippen LogP contribution >= 0.6 is 0 Å². The smallest absolute Gasteiger partial charge is 0.151 e. The molecule has 0 saturated carbocycles. The van der Waals surface area contributed by atoms with Gasteiger partial charge < -0.3 is 9.64 Å². The first-order chi connectivity index (χ1) is 9.43. The van der Waals surface area contributed by atoms with Crippen LogP contribution in [-0.2, 0) is 0 Å². The lowest BCUT2D eigenvalue weighted by atomic mass is 10.2. The average molecular weight is 255 g/mol. The first-order valence-electron chi connectivity index (χ1n) is 6.66. The van der Waals surface area contributed by atoms with E-state index in [1.54, 1.807) is 6.20 Å². The van der Waals surface area contributed by atoms with Crippen LogP contribution in [-0.4, -0.2) is 29.4 Å². The molecule has 0 aliphatic carbocycles. The van der Waals surface area contributed by atoms with Gasteiger partial charge in [-0.1, -0.05) is 18.2 Å². The quantitative estimate of drug-likeness (QED) is 0.841. The summed E-state index contributed by atoms with van der Waals surface area (Å²) in [6.45, 7) is 1.72. The summed E-state index contributed by atoms with van der Waals surface area (Å²) in [6, 6.07) is 14.3. The molecular weight excluding hydrogens is 238 g/mol. The van der Waals surface area contributed by atoms with Crippen LogP contribution in [0.3, 0.4) is 0 Å². The summed E-state index contributed by atoms with van der Waals surface area (Å²) in [5, 5.41) is 8.14. The third-order valence-corrected chi connectivity index (χ3v) is 3.42. The predicted molar refractivity (Wildman–Crippen MR) is 74.3 cm³/mol. The van der Waals surface area contributed by atoms with Gasteiger partial charge in [-0.3, -0.25) is 0 Å². The molecule has 1 atom stereocenters. The van der Waals surface area contributed by atoms with E-state index < -0.39 is 0 Å². The second-order valence-electron chi connectivity index (χ2n) is 4.70. The number of hydrogen-bond donors (Lipinski definition) is 0. The number of para-hydroxylation sites is 1. The fourth-order valence-corrected chi connectivity index (χ4v) is 2.47. The van der Waals surface area contributed by atoms with Crippen molar-refractivity contribution in [2.75, 3.05) is 18.1 Å². The average Bonchev–Trinajstić information content (AvgIpc) is 2.95. The molecule has 1 fully saturated rings. The van der Waals surface area contributed by atoms with E-state index in [1.165, 1.54) is 6.42 Å². The van der Waals surface area contributed by atoms with Gasteiger partial charge in [0, 0.05) is 12.7 Å². The molecule has 1 aliphatic heterocycles. The molecule has 1 saturated heterocycles. The van der Waals surface area contributed by atoms with Gasteiger partial charge in [0.05, 0.1) is 6.04 Å². The Labute approximate surface area is 113 Å². The molecule has 4 nitrogen and oxygen atoms in total. The minimum Gasteiger partial charge on any atom is -0.491 e. The lowest BCUT2D eigenvalue weighted by molar-refractivity contribution is 0.288. The Morgan fingerprint density at radius 2 is 2.05 bits per heavy atom. The minimum atomic E-state index is 0.386. The van der Waals surface area contributed by atoms with Crippen LogP contribution in [0, 0.1) is 0 Å². The van der Waals surface area contributed by atoms with Gasteiger partial charge in [0.15, 0.2) is 5.82 Å². The molecule has 0 unspecified atom stereocenters. The molecule has 0 radical (unpaired) electrons. The molecule has 0 bridgehead atoms. The van der Waals surface area contributed by atoms with Crippen LogP contribution in [0.4, 0.5) is 5.82 Å². The number of rotatable bonds is 4. The van der Waals surface area contributed by atoms with Crippen molar-refractivity contribution in [3.63, 3.8) is 0 Å². The third-order valence-electron chi connectivity index (χ3n) is 3.42. The van der Waals surface area contributed by atoms with E-state index >= 15 is 0 Å². The summed E-state index contributed by atoms with van der Waals surface area (Å²) in [5.41, 5.74) is 0. The van der Waals surface area contributed by atoms with E-state index in [-0.39, 0.29) is 0 Å². The van der Waals surface area contributed by atoms with Gasteiger partial charge in [-0.15, -0.1) is 5.10 Å². The molecule has 2 heterocycles. The zero-order valence-corrected chi connectivity index (χ0v) is 10.8. The highest BCUT2D eigenvalue weighted by Crippen LogP contribution is 2.23. The summed E-state index contributed by atoms with van der Waals surface area (Å²) in [4.78, 5) is 2.29. The SMILES string of the molecule is c1ccc(OC[C@H]2CCCN2c2cccnn2)cc1. The highest BCUT2D eigenvalue weighted by Gasteiger charge is 2.26. The fourth-order valence-electron chi connectivity index (χ4n) is 2.47. The normalized spacial score (nSPS) is 18.5. The molecule has 1 aliphatic rings. The van der Waals surface area contributed by atoms with Crippen molar-refractivity contribution in [1.82, 2.24) is 10.2 Å². The van der Waals surface area contributed by atoms with Gasteiger partial charge in [-0.2, -0.15) is 5.10 Å². The summed E-state index contributed by atoms with van der Waals surface area (Å²) in [7, 11) is 0. The van der Waals surface area contributed by atoms with Crippen LogP contribution in [0.2, 0.25) is 0 Å². The Morgan fingerprint density at radius 1 is 1.16 bits per heavy atom. The monoisotopic (exact) mass is 255 g/mol. The zero-order chi connectivity index (χ0) is 12.9. The van der Waals surface area contributed by atoms with Gasteiger partial charge in [0.2, 0.25) is 0 Å². The number of nitrogens with zero attached hydrogens (tertiary/aromatic N) is 3. The number of anilines is 1. The number of ether oxygens (including phenoxy) is 1. The van der Waals surface area contributed by atoms with Crippen LogP contribution in [0.15, 0.2) is 48.7 Å². The summed E-state index contributed by atoms with van der Waals surface area (Å²) < 4.78 is 5.85. The molecule has 0 N–H and O–H groups in total. The Kier molecular flexibility index (Phi) is 3.58.